The van der Waals surface area contributed by atoms with Gasteiger partial charge in [-0.1, -0.05) is 0 Å². The minimum absolute atomic E-state index is 0.188. The Morgan fingerprint density at radius 3 is 2.75 bits per heavy atom. The first-order chi connectivity index (χ1) is 9.54. The van der Waals surface area contributed by atoms with E-state index >= 15 is 0 Å². The molecule has 1 N–H and O–H groups in total. The van der Waals surface area contributed by atoms with Gasteiger partial charge in [0.05, 0.1) is 12.8 Å². The van der Waals surface area contributed by atoms with Crippen molar-refractivity contribution in [2.45, 2.75) is 19.9 Å². The molecule has 0 aliphatic carbocycles. The minimum Gasteiger partial charge on any atom is -0.465 e. The smallest absolute Gasteiger partial charge is 0.350 e. The molecule has 0 aromatic carbocycles. The third kappa shape index (κ3) is 2.75. The maximum absolute atomic E-state index is 12.3. The van der Waals surface area contributed by atoms with E-state index < -0.39 is 5.97 Å². The van der Waals surface area contributed by atoms with Crippen molar-refractivity contribution in [1.82, 2.24) is 4.57 Å². The van der Waals surface area contributed by atoms with Crippen LogP contribution in [-0.4, -0.2) is 23.6 Å². The number of ether oxygens (including phenoxy) is 1. The fraction of sp³-hybridized carbons (Fsp3) is 0.286. The van der Waals surface area contributed by atoms with E-state index in [0.717, 1.165) is 0 Å². The van der Waals surface area contributed by atoms with Crippen molar-refractivity contribution < 1.29 is 14.3 Å². The van der Waals surface area contributed by atoms with E-state index in [9.17, 15) is 9.59 Å². The quantitative estimate of drug-likeness (QED) is 0.880. The molecule has 0 saturated carbocycles. The maximum Gasteiger partial charge on any atom is 0.350 e. The molecule has 0 bridgehead atoms. The van der Waals surface area contributed by atoms with Crippen molar-refractivity contribution in [2.75, 3.05) is 12.4 Å². The zero-order valence-corrected chi connectivity index (χ0v) is 12.4. The lowest BCUT2D eigenvalue weighted by molar-refractivity contribution is 0.0607. The Bertz CT molecular complexity index is 628. The second-order valence-electron chi connectivity index (χ2n) is 4.50. The number of hydrogen-bond donors (Lipinski definition) is 1. The summed E-state index contributed by atoms with van der Waals surface area (Å²) in [4.78, 5) is 24.2. The monoisotopic (exact) mass is 292 g/mol. The molecule has 20 heavy (non-hydrogen) atoms. The number of rotatable bonds is 4. The van der Waals surface area contributed by atoms with Crippen LogP contribution in [0.2, 0.25) is 0 Å². The summed E-state index contributed by atoms with van der Waals surface area (Å²) in [5.41, 5.74) is 1.03. The van der Waals surface area contributed by atoms with Crippen LogP contribution in [0.1, 0.15) is 40.0 Å². The highest BCUT2D eigenvalue weighted by atomic mass is 32.1. The number of nitrogens with one attached hydrogen (secondary N) is 1. The highest BCUT2D eigenvalue weighted by Gasteiger charge is 2.18. The number of nitrogens with zero attached hydrogens (tertiary/aromatic N) is 1. The van der Waals surface area contributed by atoms with Gasteiger partial charge in [0.2, 0.25) is 0 Å². The summed E-state index contributed by atoms with van der Waals surface area (Å²) in [5, 5.41) is 4.49. The molecule has 0 aliphatic heterocycles. The molecule has 1 amide bonds. The highest BCUT2D eigenvalue weighted by Crippen LogP contribution is 2.24. The van der Waals surface area contributed by atoms with Gasteiger partial charge in [-0.2, -0.15) is 0 Å². The number of hydrogen-bond acceptors (Lipinski definition) is 4. The number of esters is 1. The Morgan fingerprint density at radius 1 is 1.35 bits per heavy atom. The Hall–Kier alpha value is -2.08. The summed E-state index contributed by atoms with van der Waals surface area (Å²) >= 11 is 1.24. The second kappa shape index (κ2) is 5.92. The Morgan fingerprint density at radius 2 is 2.10 bits per heavy atom. The number of methoxy groups -OCH3 is 1. The van der Waals surface area contributed by atoms with Gasteiger partial charge in [-0.15, -0.1) is 11.3 Å². The fourth-order valence-corrected chi connectivity index (χ4v) is 2.65. The van der Waals surface area contributed by atoms with Gasteiger partial charge in [0.15, 0.2) is 0 Å². The fourth-order valence-electron chi connectivity index (χ4n) is 1.88. The molecule has 2 rings (SSSR count). The SMILES string of the molecule is COC(=O)c1sccc1NC(=O)c1cccn1C(C)C. The molecule has 0 spiro atoms. The largest absolute Gasteiger partial charge is 0.465 e. The molecular formula is C14H16N2O3S. The molecule has 0 saturated heterocycles. The van der Waals surface area contributed by atoms with Gasteiger partial charge in [-0.3, -0.25) is 4.79 Å². The predicted molar refractivity (Wildman–Crippen MR) is 78.4 cm³/mol. The van der Waals surface area contributed by atoms with Gasteiger partial charge >= 0.3 is 5.97 Å². The zero-order valence-electron chi connectivity index (χ0n) is 11.5. The summed E-state index contributed by atoms with van der Waals surface area (Å²) in [6.07, 6.45) is 1.86. The zero-order chi connectivity index (χ0) is 14.7. The average molecular weight is 292 g/mol. The van der Waals surface area contributed by atoms with Gasteiger partial charge in [0.1, 0.15) is 10.6 Å². The van der Waals surface area contributed by atoms with Crippen molar-refractivity contribution in [3.05, 3.63) is 40.3 Å². The topological polar surface area (TPSA) is 60.3 Å². The lowest BCUT2D eigenvalue weighted by Crippen LogP contribution is -2.18. The molecule has 0 unspecified atom stereocenters. The third-order valence-electron chi connectivity index (χ3n) is 2.85. The Kier molecular flexibility index (Phi) is 4.24. The minimum atomic E-state index is -0.449. The van der Waals surface area contributed by atoms with Crippen LogP contribution in [0.15, 0.2) is 29.8 Å². The molecule has 6 heteroatoms. The molecule has 0 fully saturated rings. The normalized spacial score (nSPS) is 10.6. The van der Waals surface area contributed by atoms with E-state index in [0.29, 0.717) is 16.3 Å². The number of thiophene rings is 1. The van der Waals surface area contributed by atoms with Crippen LogP contribution in [-0.2, 0) is 4.74 Å². The summed E-state index contributed by atoms with van der Waals surface area (Å²) in [6, 6.07) is 5.45. The van der Waals surface area contributed by atoms with Crippen LogP contribution in [0.3, 0.4) is 0 Å². The molecule has 0 atom stereocenters. The van der Waals surface area contributed by atoms with Crippen molar-refractivity contribution >= 4 is 28.9 Å². The lowest BCUT2D eigenvalue weighted by Gasteiger charge is -2.12. The molecule has 106 valence electrons. The highest BCUT2D eigenvalue weighted by molar-refractivity contribution is 7.12. The summed E-state index contributed by atoms with van der Waals surface area (Å²) < 4.78 is 6.56. The molecular weight excluding hydrogens is 276 g/mol. The predicted octanol–water partition coefficient (Wildman–Crippen LogP) is 3.17. The van der Waals surface area contributed by atoms with Gasteiger partial charge in [0.25, 0.3) is 5.91 Å². The van der Waals surface area contributed by atoms with Gasteiger partial charge < -0.3 is 14.6 Å². The van der Waals surface area contributed by atoms with Crippen LogP contribution < -0.4 is 5.32 Å². The summed E-state index contributed by atoms with van der Waals surface area (Å²) in [5.74, 6) is -0.693. The first-order valence-electron chi connectivity index (χ1n) is 6.18. The van der Waals surface area contributed by atoms with E-state index in [2.05, 4.69) is 10.1 Å². The van der Waals surface area contributed by atoms with E-state index in [1.807, 2.05) is 30.7 Å². The third-order valence-corrected chi connectivity index (χ3v) is 3.75. The second-order valence-corrected chi connectivity index (χ2v) is 5.42. The maximum atomic E-state index is 12.3. The number of carbonyl (C=O) groups is 2. The molecule has 0 radical (unpaired) electrons. The number of aromatic nitrogens is 1. The molecule has 5 nitrogen and oxygen atoms in total. The molecule has 2 aromatic rings. The van der Waals surface area contributed by atoms with Crippen molar-refractivity contribution in [3.8, 4) is 0 Å². The summed E-state index contributed by atoms with van der Waals surface area (Å²) in [6.45, 7) is 4.00. The average Bonchev–Trinajstić information content (AvgIpc) is 3.06. The van der Waals surface area contributed by atoms with Crippen molar-refractivity contribution in [1.29, 1.82) is 0 Å². The first-order valence-corrected chi connectivity index (χ1v) is 7.06. The van der Waals surface area contributed by atoms with Crippen LogP contribution in [0.5, 0.6) is 0 Å². The van der Waals surface area contributed by atoms with Crippen LogP contribution in [0.25, 0.3) is 0 Å². The van der Waals surface area contributed by atoms with Crippen LogP contribution in [0.4, 0.5) is 5.69 Å². The van der Waals surface area contributed by atoms with Crippen LogP contribution in [0, 0.1) is 0 Å². The number of carbonyl (C=O) groups excluding carboxylic acids is 2. The van der Waals surface area contributed by atoms with Crippen molar-refractivity contribution in [2.24, 2.45) is 0 Å². The van der Waals surface area contributed by atoms with Crippen LogP contribution >= 0.6 is 11.3 Å². The number of anilines is 1. The van der Waals surface area contributed by atoms with Gasteiger partial charge in [0, 0.05) is 12.2 Å². The standard InChI is InChI=1S/C14H16N2O3S/c1-9(2)16-7-4-5-11(16)13(17)15-10-6-8-20-12(10)14(18)19-3/h4-9H,1-3H3,(H,15,17). The van der Waals surface area contributed by atoms with E-state index in [-0.39, 0.29) is 11.9 Å². The van der Waals surface area contributed by atoms with Gasteiger partial charge in [-0.05, 0) is 37.4 Å². The molecule has 0 aliphatic rings. The van der Waals surface area contributed by atoms with Gasteiger partial charge in [-0.25, -0.2) is 4.79 Å². The number of amides is 1. The van der Waals surface area contributed by atoms with Crippen molar-refractivity contribution in [3.63, 3.8) is 0 Å². The van der Waals surface area contributed by atoms with E-state index in [4.69, 9.17) is 0 Å². The lowest BCUT2D eigenvalue weighted by atomic mass is 10.3. The molecule has 2 aromatic heterocycles. The Balaban J connectivity index is 2.22. The van der Waals surface area contributed by atoms with E-state index in [1.54, 1.807) is 17.5 Å². The van der Waals surface area contributed by atoms with E-state index in [1.165, 1.54) is 18.4 Å². The Labute approximate surface area is 121 Å². The summed E-state index contributed by atoms with van der Waals surface area (Å²) in [7, 11) is 1.32. The molecule has 2 heterocycles. The first kappa shape index (κ1) is 14.3.